The quantitative estimate of drug-likeness (QED) is 0.376. The van der Waals surface area contributed by atoms with Crippen molar-refractivity contribution in [2.45, 2.75) is 49.8 Å². The molecule has 2 aliphatic rings. The van der Waals surface area contributed by atoms with E-state index in [2.05, 4.69) is 4.18 Å². The number of hydrogen-bond donors (Lipinski definition) is 0. The molecule has 0 radical (unpaired) electrons. The summed E-state index contributed by atoms with van der Waals surface area (Å²) >= 11 is 0. The van der Waals surface area contributed by atoms with E-state index in [1.165, 1.54) is 0 Å². The molecule has 1 aliphatic carbocycles. The second-order valence-electron chi connectivity index (χ2n) is 7.82. The fourth-order valence-electron chi connectivity index (χ4n) is 4.39. The van der Waals surface area contributed by atoms with Crippen LogP contribution in [-0.2, 0) is 26.7 Å². The number of rotatable bonds is 2. The summed E-state index contributed by atoms with van der Waals surface area (Å²) in [7, 11) is -6.03. The number of alkyl halides is 6. The minimum atomic E-state index is -6.03. The summed E-state index contributed by atoms with van der Waals surface area (Å²) in [5.74, 6) is -3.31. The fourth-order valence-corrected chi connectivity index (χ4v) is 4.86. The number of halogens is 6. The first-order chi connectivity index (χ1) is 14.0. The molecule has 0 aromatic heterocycles. The topological polar surface area (TPSA) is 87.5 Å². The molecule has 1 aliphatic heterocycles. The number of amides is 1. The number of benzene rings is 1. The van der Waals surface area contributed by atoms with E-state index in [1.54, 1.807) is 19.9 Å². The summed E-state index contributed by atoms with van der Waals surface area (Å²) in [6.45, 7) is 3.06. The average molecular weight is 470 g/mol. The van der Waals surface area contributed by atoms with Gasteiger partial charge in [-0.1, -0.05) is 13.8 Å². The largest absolute Gasteiger partial charge is 0.534 e. The number of fused-ring (bicyclic) bond motifs is 4. The van der Waals surface area contributed by atoms with Crippen LogP contribution < -0.4 is 4.18 Å². The zero-order valence-corrected chi connectivity index (χ0v) is 17.0. The second kappa shape index (κ2) is 7.01. The van der Waals surface area contributed by atoms with Crippen molar-refractivity contribution in [3.05, 3.63) is 28.8 Å². The van der Waals surface area contributed by atoms with Crippen LogP contribution in [0.15, 0.2) is 12.1 Å². The Kier molecular flexibility index (Phi) is 5.24. The van der Waals surface area contributed by atoms with Crippen molar-refractivity contribution < 1.29 is 43.7 Å². The van der Waals surface area contributed by atoms with Gasteiger partial charge in [0.05, 0.1) is 5.56 Å². The van der Waals surface area contributed by atoms with Gasteiger partial charge in [0.1, 0.15) is 6.07 Å². The molecule has 170 valence electrons. The molecular weight excluding hydrogens is 454 g/mol. The van der Waals surface area contributed by atoms with E-state index in [4.69, 9.17) is 0 Å². The van der Waals surface area contributed by atoms with Gasteiger partial charge in [0.15, 0.2) is 5.75 Å². The lowest BCUT2D eigenvalue weighted by Gasteiger charge is -2.54. The Morgan fingerprint density at radius 1 is 1.26 bits per heavy atom. The van der Waals surface area contributed by atoms with Gasteiger partial charge in [-0.3, -0.25) is 4.79 Å². The lowest BCUT2D eigenvalue weighted by molar-refractivity contribution is -0.192. The van der Waals surface area contributed by atoms with Crippen LogP contribution in [0, 0.1) is 17.2 Å². The maximum absolute atomic E-state index is 13.0. The van der Waals surface area contributed by atoms with Crippen LogP contribution in [0.2, 0.25) is 0 Å². The minimum absolute atomic E-state index is 0.0524. The molecule has 1 heterocycles. The Hall–Kier alpha value is -2.49. The molecule has 1 fully saturated rings. The van der Waals surface area contributed by atoms with E-state index < -0.39 is 56.4 Å². The molecule has 31 heavy (non-hydrogen) atoms. The molecule has 2 bridgehead atoms. The highest BCUT2D eigenvalue weighted by molar-refractivity contribution is 7.88. The van der Waals surface area contributed by atoms with Gasteiger partial charge in [0, 0.05) is 12.6 Å². The zero-order chi connectivity index (χ0) is 23.6. The molecule has 13 heteroatoms. The zero-order valence-electron chi connectivity index (χ0n) is 16.1. The Morgan fingerprint density at radius 3 is 2.39 bits per heavy atom. The van der Waals surface area contributed by atoms with Crippen LogP contribution >= 0.6 is 0 Å². The summed E-state index contributed by atoms with van der Waals surface area (Å²) in [5, 5.41) is 9.27. The molecule has 6 nitrogen and oxygen atoms in total. The highest BCUT2D eigenvalue weighted by Crippen LogP contribution is 2.50. The molecule has 1 amide bonds. The third-order valence-electron chi connectivity index (χ3n) is 6.21. The predicted octanol–water partition coefficient (Wildman–Crippen LogP) is 3.40. The maximum atomic E-state index is 13.0. The van der Waals surface area contributed by atoms with Crippen LogP contribution in [0.4, 0.5) is 26.3 Å². The SMILES string of the molecule is CC1[C@H]2Cc3cc(C#N)c(OS(=O)(=O)C(F)(F)F)cc3[C@]1(C)CCN2C(=O)C(F)(F)F. The highest BCUT2D eigenvalue weighted by atomic mass is 32.2. The van der Waals surface area contributed by atoms with Gasteiger partial charge in [0.2, 0.25) is 0 Å². The molecule has 3 rings (SSSR count). The van der Waals surface area contributed by atoms with E-state index in [-0.39, 0.29) is 19.4 Å². The van der Waals surface area contributed by atoms with Gasteiger partial charge in [-0.15, -0.1) is 0 Å². The molecule has 0 saturated carbocycles. The van der Waals surface area contributed by atoms with Crippen LogP contribution in [0.1, 0.15) is 37.0 Å². The van der Waals surface area contributed by atoms with E-state index in [9.17, 15) is 44.8 Å². The number of hydrogen-bond acceptors (Lipinski definition) is 5. The summed E-state index contributed by atoms with van der Waals surface area (Å²) < 4.78 is 104. The molecular formula is C18H16F6N2O4S. The number of likely N-dealkylation sites (tertiary alicyclic amines) is 1. The Balaban J connectivity index is 2.09. The molecule has 0 spiro atoms. The summed E-state index contributed by atoms with van der Waals surface area (Å²) in [5.41, 5.74) is -6.38. The number of carbonyl (C=O) groups excluding carboxylic acids is 1. The molecule has 3 atom stereocenters. The van der Waals surface area contributed by atoms with Gasteiger partial charge in [-0.25, -0.2) is 0 Å². The van der Waals surface area contributed by atoms with Crippen LogP contribution in [-0.4, -0.2) is 43.5 Å². The summed E-state index contributed by atoms with van der Waals surface area (Å²) in [4.78, 5) is 12.6. The van der Waals surface area contributed by atoms with Crippen LogP contribution in [0.25, 0.3) is 0 Å². The van der Waals surface area contributed by atoms with Gasteiger partial charge in [-0.05, 0) is 47.4 Å². The molecule has 1 aromatic carbocycles. The summed E-state index contributed by atoms with van der Waals surface area (Å²) in [6, 6.07) is 2.84. The molecule has 0 N–H and O–H groups in total. The predicted molar refractivity (Wildman–Crippen MR) is 93.2 cm³/mol. The van der Waals surface area contributed by atoms with Crippen molar-refractivity contribution in [3.8, 4) is 11.8 Å². The molecule has 1 unspecified atom stereocenters. The Bertz CT molecular complexity index is 1080. The second-order valence-corrected chi connectivity index (χ2v) is 9.36. The number of piperidine rings is 1. The molecule has 1 saturated heterocycles. The molecule has 1 aromatic rings. The first-order valence-corrected chi connectivity index (χ1v) is 10.4. The summed E-state index contributed by atoms with van der Waals surface area (Å²) in [6.07, 6.45) is -5.08. The average Bonchev–Trinajstić information content (AvgIpc) is 2.62. The monoisotopic (exact) mass is 470 g/mol. The fraction of sp³-hybridized carbons (Fsp3) is 0.556. The normalized spacial score (nSPS) is 26.1. The first-order valence-electron chi connectivity index (χ1n) is 8.99. The third-order valence-corrected chi connectivity index (χ3v) is 7.18. The standard InChI is InChI=1S/C18H16F6N2O4S/c1-9-13-6-10-5-11(8-25)14(30-31(28,29)18(22,23)24)7-12(10)16(9,2)3-4-26(13)15(27)17(19,20)21/h5,7,9,13H,3-4,6H2,1-2H3/t9?,13-,16-/m1/s1. The Labute approximate surface area is 173 Å². The third kappa shape index (κ3) is 3.71. The first kappa shape index (κ1) is 23.2. The number of nitriles is 1. The van der Waals surface area contributed by atoms with Crippen LogP contribution in [0.5, 0.6) is 5.75 Å². The number of carbonyl (C=O) groups is 1. The van der Waals surface area contributed by atoms with Crippen molar-refractivity contribution in [2.24, 2.45) is 5.92 Å². The van der Waals surface area contributed by atoms with E-state index in [0.29, 0.717) is 11.1 Å². The smallest absolute Gasteiger partial charge is 0.375 e. The maximum Gasteiger partial charge on any atom is 0.534 e. The van der Waals surface area contributed by atoms with E-state index >= 15 is 0 Å². The van der Waals surface area contributed by atoms with Crippen molar-refractivity contribution in [1.82, 2.24) is 4.90 Å². The van der Waals surface area contributed by atoms with Crippen LogP contribution in [0.3, 0.4) is 0 Å². The van der Waals surface area contributed by atoms with Crippen molar-refractivity contribution in [1.29, 1.82) is 5.26 Å². The minimum Gasteiger partial charge on any atom is -0.375 e. The lowest BCUT2D eigenvalue weighted by Crippen LogP contribution is -2.61. The van der Waals surface area contributed by atoms with Gasteiger partial charge >= 0.3 is 27.7 Å². The van der Waals surface area contributed by atoms with Crippen molar-refractivity contribution >= 4 is 16.0 Å². The van der Waals surface area contributed by atoms with Gasteiger partial charge in [-0.2, -0.15) is 40.0 Å². The van der Waals surface area contributed by atoms with Crippen molar-refractivity contribution in [3.63, 3.8) is 0 Å². The Morgan fingerprint density at radius 2 is 1.87 bits per heavy atom. The van der Waals surface area contributed by atoms with Gasteiger partial charge < -0.3 is 9.08 Å². The van der Waals surface area contributed by atoms with E-state index in [0.717, 1.165) is 17.0 Å². The number of nitrogens with zero attached hydrogens (tertiary/aromatic N) is 2. The van der Waals surface area contributed by atoms with Crippen molar-refractivity contribution in [2.75, 3.05) is 6.54 Å². The highest BCUT2D eigenvalue weighted by Gasteiger charge is 2.54. The lowest BCUT2D eigenvalue weighted by atomic mass is 9.59. The van der Waals surface area contributed by atoms with Gasteiger partial charge in [0.25, 0.3) is 0 Å². The van der Waals surface area contributed by atoms with E-state index in [1.807, 2.05) is 0 Å².